The second-order valence-electron chi connectivity index (χ2n) is 3.63. The fourth-order valence-corrected chi connectivity index (χ4v) is 1.47. The Kier molecular flexibility index (Phi) is 3.02. The average molecular weight is 213 g/mol. The predicted octanol–water partition coefficient (Wildman–Crippen LogP) is 0.488. The second kappa shape index (κ2) is 3.92. The highest BCUT2D eigenvalue weighted by Crippen LogP contribution is 2.33. The van der Waals surface area contributed by atoms with Gasteiger partial charge in [-0.05, 0) is 20.8 Å². The second-order valence-corrected chi connectivity index (χ2v) is 3.63. The summed E-state index contributed by atoms with van der Waals surface area (Å²) in [5, 5.41) is 0. The summed E-state index contributed by atoms with van der Waals surface area (Å²) < 4.78 is 10.1. The Morgan fingerprint density at radius 1 is 1.60 bits per heavy atom. The van der Waals surface area contributed by atoms with E-state index in [0.29, 0.717) is 17.9 Å². The topological polar surface area (TPSA) is 78.6 Å². The summed E-state index contributed by atoms with van der Waals surface area (Å²) >= 11 is 0. The van der Waals surface area contributed by atoms with Gasteiger partial charge in [-0.2, -0.15) is 0 Å². The number of amides is 1. The molecule has 0 bridgehead atoms. The van der Waals surface area contributed by atoms with Crippen LogP contribution in [0.4, 0.5) is 0 Å². The highest BCUT2D eigenvalue weighted by Gasteiger charge is 2.43. The zero-order chi connectivity index (χ0) is 11.6. The number of esters is 1. The van der Waals surface area contributed by atoms with E-state index in [1.54, 1.807) is 20.8 Å². The Labute approximate surface area is 88.2 Å². The van der Waals surface area contributed by atoms with Crippen LogP contribution in [0, 0.1) is 0 Å². The number of primary amides is 1. The molecule has 0 aromatic rings. The van der Waals surface area contributed by atoms with Crippen molar-refractivity contribution in [3.05, 3.63) is 11.3 Å². The minimum atomic E-state index is -1.12. The van der Waals surface area contributed by atoms with Gasteiger partial charge in [0.05, 0.1) is 12.2 Å². The van der Waals surface area contributed by atoms with Crippen molar-refractivity contribution in [2.24, 2.45) is 5.73 Å². The monoisotopic (exact) mass is 213 g/mol. The fraction of sp³-hybridized carbons (Fsp3) is 0.600. The number of ether oxygens (including phenoxy) is 2. The van der Waals surface area contributed by atoms with Crippen LogP contribution in [0.5, 0.6) is 0 Å². The van der Waals surface area contributed by atoms with Crippen LogP contribution in [-0.4, -0.2) is 24.1 Å². The Bertz CT molecular complexity index is 334. The van der Waals surface area contributed by atoms with Crippen molar-refractivity contribution < 1.29 is 19.1 Å². The van der Waals surface area contributed by atoms with Crippen molar-refractivity contribution >= 4 is 11.9 Å². The molecule has 0 saturated heterocycles. The molecule has 1 aliphatic rings. The zero-order valence-electron chi connectivity index (χ0n) is 9.12. The van der Waals surface area contributed by atoms with E-state index in [2.05, 4.69) is 0 Å². The number of rotatable bonds is 3. The molecule has 1 amide bonds. The van der Waals surface area contributed by atoms with Gasteiger partial charge in [-0.15, -0.1) is 0 Å². The number of allylic oxidation sites excluding steroid dienone is 1. The van der Waals surface area contributed by atoms with Crippen LogP contribution in [0.15, 0.2) is 11.3 Å². The molecule has 1 heterocycles. The van der Waals surface area contributed by atoms with Gasteiger partial charge >= 0.3 is 5.97 Å². The molecule has 0 aliphatic carbocycles. The van der Waals surface area contributed by atoms with Crippen molar-refractivity contribution in [1.29, 1.82) is 0 Å². The fourth-order valence-electron chi connectivity index (χ4n) is 1.47. The normalized spacial score (nSPS) is 25.0. The zero-order valence-corrected chi connectivity index (χ0v) is 9.12. The molecule has 1 aliphatic heterocycles. The van der Waals surface area contributed by atoms with E-state index in [1.165, 1.54) is 0 Å². The van der Waals surface area contributed by atoms with E-state index in [0.717, 1.165) is 0 Å². The number of carbonyl (C=O) groups excluding carboxylic acids is 2. The molecule has 15 heavy (non-hydrogen) atoms. The molecule has 1 unspecified atom stereocenters. The third-order valence-corrected chi connectivity index (χ3v) is 2.36. The van der Waals surface area contributed by atoms with E-state index in [9.17, 15) is 9.59 Å². The summed E-state index contributed by atoms with van der Waals surface area (Å²) in [5.41, 5.74) is 4.46. The van der Waals surface area contributed by atoms with Gasteiger partial charge in [0.1, 0.15) is 5.76 Å². The summed E-state index contributed by atoms with van der Waals surface area (Å²) in [4.78, 5) is 22.6. The van der Waals surface area contributed by atoms with Gasteiger partial charge in [-0.3, -0.25) is 4.79 Å². The Balaban J connectivity index is 2.82. The van der Waals surface area contributed by atoms with Gasteiger partial charge < -0.3 is 15.2 Å². The Morgan fingerprint density at radius 2 is 2.20 bits per heavy atom. The van der Waals surface area contributed by atoms with Gasteiger partial charge in [0.25, 0.3) is 5.91 Å². The largest absolute Gasteiger partial charge is 0.481 e. The van der Waals surface area contributed by atoms with Crippen LogP contribution in [0.1, 0.15) is 27.2 Å². The molecule has 1 rings (SSSR count). The van der Waals surface area contributed by atoms with E-state index in [4.69, 9.17) is 15.2 Å². The molecular weight excluding hydrogens is 198 g/mol. The molecule has 5 heteroatoms. The smallest absolute Gasteiger partial charge is 0.337 e. The van der Waals surface area contributed by atoms with Crippen molar-refractivity contribution in [3.63, 3.8) is 0 Å². The Hall–Kier alpha value is -1.52. The van der Waals surface area contributed by atoms with E-state index >= 15 is 0 Å². The number of nitrogens with two attached hydrogens (primary N) is 1. The first kappa shape index (κ1) is 11.6. The van der Waals surface area contributed by atoms with Gasteiger partial charge in [0.15, 0.2) is 5.60 Å². The van der Waals surface area contributed by atoms with E-state index in [1.807, 2.05) is 0 Å². The molecule has 84 valence electrons. The maximum absolute atomic E-state index is 11.5. The lowest BCUT2D eigenvalue weighted by atomic mass is 9.98. The lowest BCUT2D eigenvalue weighted by molar-refractivity contribution is -0.138. The van der Waals surface area contributed by atoms with Crippen molar-refractivity contribution in [3.8, 4) is 0 Å². The molecule has 5 nitrogen and oxygen atoms in total. The minimum Gasteiger partial charge on any atom is -0.481 e. The highest BCUT2D eigenvalue weighted by molar-refractivity contribution is 5.93. The average Bonchev–Trinajstić information content (AvgIpc) is 2.44. The molecule has 0 spiro atoms. The first-order chi connectivity index (χ1) is 6.90. The summed E-state index contributed by atoms with van der Waals surface area (Å²) in [6.07, 6.45) is 0.174. The molecular formula is C10H15NO4. The molecule has 0 saturated carbocycles. The van der Waals surface area contributed by atoms with Gasteiger partial charge in [-0.1, -0.05) is 0 Å². The van der Waals surface area contributed by atoms with Crippen LogP contribution in [-0.2, 0) is 19.1 Å². The quantitative estimate of drug-likeness (QED) is 0.692. The van der Waals surface area contributed by atoms with Crippen LogP contribution < -0.4 is 5.73 Å². The summed E-state index contributed by atoms with van der Waals surface area (Å²) in [5.74, 6) is -0.615. The molecule has 2 N–H and O–H groups in total. The molecule has 0 aromatic carbocycles. The summed E-state index contributed by atoms with van der Waals surface area (Å²) in [7, 11) is 0. The van der Waals surface area contributed by atoms with Gasteiger partial charge in [-0.25, -0.2) is 4.79 Å². The standard InChI is InChI=1S/C10H15NO4/c1-4-14-8(12)7-5-10(3,9(11)13)15-6(7)2/h4-5H2,1-3H3,(H2,11,13). The SMILES string of the molecule is CCOC(=O)C1=C(C)OC(C)(C(N)=O)C1. The van der Waals surface area contributed by atoms with Crippen LogP contribution >= 0.6 is 0 Å². The van der Waals surface area contributed by atoms with Crippen molar-refractivity contribution in [1.82, 2.24) is 0 Å². The maximum atomic E-state index is 11.5. The lowest BCUT2D eigenvalue weighted by Gasteiger charge is -2.20. The van der Waals surface area contributed by atoms with Crippen LogP contribution in [0.2, 0.25) is 0 Å². The van der Waals surface area contributed by atoms with Gasteiger partial charge in [0, 0.05) is 6.42 Å². The minimum absolute atomic E-state index is 0.174. The number of hydrogen-bond acceptors (Lipinski definition) is 4. The summed E-state index contributed by atoms with van der Waals surface area (Å²) in [6, 6.07) is 0. The first-order valence-corrected chi connectivity index (χ1v) is 4.76. The molecule has 1 atom stereocenters. The first-order valence-electron chi connectivity index (χ1n) is 4.76. The van der Waals surface area contributed by atoms with Crippen LogP contribution in [0.25, 0.3) is 0 Å². The lowest BCUT2D eigenvalue weighted by Crippen LogP contribution is -2.41. The van der Waals surface area contributed by atoms with E-state index < -0.39 is 17.5 Å². The van der Waals surface area contributed by atoms with E-state index in [-0.39, 0.29) is 6.42 Å². The molecule has 0 fully saturated rings. The predicted molar refractivity (Wildman–Crippen MR) is 52.6 cm³/mol. The molecule has 0 aromatic heterocycles. The number of hydrogen-bond donors (Lipinski definition) is 1. The maximum Gasteiger partial charge on any atom is 0.337 e. The number of carbonyl (C=O) groups is 2. The third-order valence-electron chi connectivity index (χ3n) is 2.36. The summed E-state index contributed by atoms with van der Waals surface area (Å²) in [6.45, 7) is 5.20. The molecule has 0 radical (unpaired) electrons. The van der Waals surface area contributed by atoms with Crippen LogP contribution in [0.3, 0.4) is 0 Å². The van der Waals surface area contributed by atoms with Crippen molar-refractivity contribution in [2.75, 3.05) is 6.61 Å². The highest BCUT2D eigenvalue weighted by atomic mass is 16.5. The van der Waals surface area contributed by atoms with Gasteiger partial charge in [0.2, 0.25) is 0 Å². The van der Waals surface area contributed by atoms with Crippen molar-refractivity contribution in [2.45, 2.75) is 32.8 Å². The third kappa shape index (κ3) is 2.11. The Morgan fingerprint density at radius 3 is 2.60 bits per heavy atom.